The van der Waals surface area contributed by atoms with E-state index in [9.17, 15) is 4.79 Å². The Morgan fingerprint density at radius 3 is 2.85 bits per heavy atom. The van der Waals surface area contributed by atoms with Crippen molar-refractivity contribution in [2.75, 3.05) is 24.7 Å². The summed E-state index contributed by atoms with van der Waals surface area (Å²) in [6, 6.07) is 9.30. The van der Waals surface area contributed by atoms with E-state index >= 15 is 0 Å². The molecule has 0 bridgehead atoms. The molecule has 2 aromatic rings. The first-order chi connectivity index (χ1) is 9.61. The average Bonchev–Trinajstić information content (AvgIpc) is 2.85. The Kier molecular flexibility index (Phi) is 5.03. The van der Waals surface area contributed by atoms with Crippen LogP contribution in [0.5, 0.6) is 0 Å². The van der Waals surface area contributed by atoms with Gasteiger partial charge in [0, 0.05) is 11.4 Å². The van der Waals surface area contributed by atoms with E-state index in [4.69, 9.17) is 10.5 Å². The lowest BCUT2D eigenvalue weighted by Gasteiger charge is -2.12. The number of hydrogen-bond acceptors (Lipinski definition) is 5. The van der Waals surface area contributed by atoms with Gasteiger partial charge in [0.05, 0.1) is 27.8 Å². The molecule has 0 unspecified atom stereocenters. The zero-order chi connectivity index (χ0) is 14.5. The molecule has 0 spiro atoms. The smallest absolute Gasteiger partial charge is 0.340 e. The number of nitrogens with one attached hydrogen (secondary N) is 1. The summed E-state index contributed by atoms with van der Waals surface area (Å²) < 4.78 is 5.87. The second-order valence-electron chi connectivity index (χ2n) is 4.14. The number of nitrogen functional groups attached to an aromatic ring is 1. The second-order valence-corrected chi connectivity index (χ2v) is 6.69. The summed E-state index contributed by atoms with van der Waals surface area (Å²) in [5.41, 5.74) is 7.56. The molecular weight excluding hydrogens is 340 g/mol. The fraction of sp³-hybridized carbons (Fsp3) is 0.214. The van der Waals surface area contributed by atoms with Gasteiger partial charge < -0.3 is 15.8 Å². The Morgan fingerprint density at radius 2 is 2.20 bits per heavy atom. The van der Waals surface area contributed by atoms with Crippen molar-refractivity contribution >= 4 is 44.6 Å². The molecule has 20 heavy (non-hydrogen) atoms. The summed E-state index contributed by atoms with van der Waals surface area (Å²) in [5, 5.41) is 3.22. The zero-order valence-corrected chi connectivity index (χ0v) is 13.4. The number of para-hydroxylation sites is 1. The van der Waals surface area contributed by atoms with Crippen molar-refractivity contribution in [1.82, 2.24) is 0 Å². The number of thiophene rings is 1. The molecule has 0 radical (unpaired) electrons. The minimum atomic E-state index is -0.390. The third kappa shape index (κ3) is 3.52. The minimum absolute atomic E-state index is 0.390. The number of methoxy groups -OCH3 is 1. The van der Waals surface area contributed by atoms with Gasteiger partial charge in [-0.2, -0.15) is 0 Å². The first kappa shape index (κ1) is 14.9. The highest BCUT2D eigenvalue weighted by molar-refractivity contribution is 9.11. The first-order valence-corrected chi connectivity index (χ1v) is 7.67. The third-order valence-electron chi connectivity index (χ3n) is 2.80. The molecule has 4 nitrogen and oxygen atoms in total. The molecular formula is C14H15BrN2O2S. The van der Waals surface area contributed by atoms with Crippen molar-refractivity contribution in [3.8, 4) is 0 Å². The first-order valence-electron chi connectivity index (χ1n) is 6.06. The highest BCUT2D eigenvalue weighted by atomic mass is 79.9. The predicted molar refractivity (Wildman–Crippen MR) is 86.4 cm³/mol. The number of benzene rings is 1. The van der Waals surface area contributed by atoms with Gasteiger partial charge >= 0.3 is 5.97 Å². The van der Waals surface area contributed by atoms with Gasteiger partial charge in [-0.25, -0.2) is 4.79 Å². The number of nitrogens with two attached hydrogens (primary N) is 1. The SMILES string of the molecule is COC(=O)c1cccc(N)c1NCCc1ccc(Br)s1. The van der Waals surface area contributed by atoms with Gasteiger partial charge in [-0.1, -0.05) is 6.07 Å². The fourth-order valence-corrected chi connectivity index (χ4v) is 3.33. The maximum atomic E-state index is 11.7. The van der Waals surface area contributed by atoms with E-state index < -0.39 is 5.97 Å². The van der Waals surface area contributed by atoms with Crippen LogP contribution in [0.15, 0.2) is 34.1 Å². The van der Waals surface area contributed by atoms with Crippen LogP contribution in [-0.4, -0.2) is 19.6 Å². The molecule has 0 aliphatic carbocycles. The van der Waals surface area contributed by atoms with Gasteiger partial charge in [-0.15, -0.1) is 11.3 Å². The molecule has 0 amide bonds. The lowest BCUT2D eigenvalue weighted by atomic mass is 10.1. The van der Waals surface area contributed by atoms with E-state index in [1.54, 1.807) is 29.5 Å². The molecule has 0 saturated heterocycles. The van der Waals surface area contributed by atoms with Crippen LogP contribution in [-0.2, 0) is 11.2 Å². The number of rotatable bonds is 5. The summed E-state index contributed by atoms with van der Waals surface area (Å²) in [6.45, 7) is 0.700. The van der Waals surface area contributed by atoms with E-state index in [2.05, 4.69) is 27.3 Å². The minimum Gasteiger partial charge on any atom is -0.465 e. The van der Waals surface area contributed by atoms with Crippen molar-refractivity contribution in [2.45, 2.75) is 6.42 Å². The van der Waals surface area contributed by atoms with E-state index in [1.807, 2.05) is 6.07 Å². The van der Waals surface area contributed by atoms with Gasteiger partial charge in [-0.3, -0.25) is 0 Å². The largest absolute Gasteiger partial charge is 0.465 e. The Hall–Kier alpha value is -1.53. The highest BCUT2D eigenvalue weighted by Gasteiger charge is 2.13. The number of hydrogen-bond donors (Lipinski definition) is 2. The highest BCUT2D eigenvalue weighted by Crippen LogP contribution is 2.25. The molecule has 1 heterocycles. The summed E-state index contributed by atoms with van der Waals surface area (Å²) in [5.74, 6) is -0.390. The van der Waals surface area contributed by atoms with Crippen LogP contribution in [0.3, 0.4) is 0 Å². The third-order valence-corrected chi connectivity index (χ3v) is 4.49. The number of anilines is 2. The van der Waals surface area contributed by atoms with Gasteiger partial charge in [0.25, 0.3) is 0 Å². The van der Waals surface area contributed by atoms with Crippen molar-refractivity contribution < 1.29 is 9.53 Å². The molecule has 106 valence electrons. The van der Waals surface area contributed by atoms with Crippen molar-refractivity contribution in [2.24, 2.45) is 0 Å². The quantitative estimate of drug-likeness (QED) is 0.636. The van der Waals surface area contributed by atoms with Crippen LogP contribution in [0.25, 0.3) is 0 Å². The standard InChI is InChI=1S/C14H15BrN2O2S/c1-19-14(18)10-3-2-4-11(16)13(10)17-8-7-9-5-6-12(15)20-9/h2-6,17H,7-8,16H2,1H3. The van der Waals surface area contributed by atoms with Gasteiger partial charge in [0.15, 0.2) is 0 Å². The number of carbonyl (C=O) groups excluding carboxylic acids is 1. The lowest BCUT2D eigenvalue weighted by molar-refractivity contribution is 0.0602. The number of esters is 1. The molecule has 3 N–H and O–H groups in total. The second kappa shape index (κ2) is 6.76. The maximum Gasteiger partial charge on any atom is 0.340 e. The summed E-state index contributed by atoms with van der Waals surface area (Å²) >= 11 is 5.13. The number of ether oxygens (including phenoxy) is 1. The van der Waals surface area contributed by atoms with Gasteiger partial charge in [-0.05, 0) is 46.6 Å². The lowest BCUT2D eigenvalue weighted by Crippen LogP contribution is -2.12. The Balaban J connectivity index is 2.06. The monoisotopic (exact) mass is 354 g/mol. The van der Waals surface area contributed by atoms with Crippen molar-refractivity contribution in [3.05, 3.63) is 44.6 Å². The molecule has 6 heteroatoms. The number of carbonyl (C=O) groups is 1. The molecule has 0 saturated carbocycles. The Labute approximate surface area is 130 Å². The normalized spacial score (nSPS) is 10.3. The summed E-state index contributed by atoms with van der Waals surface area (Å²) in [4.78, 5) is 13.0. The molecule has 0 aliphatic rings. The molecule has 0 aliphatic heterocycles. The van der Waals surface area contributed by atoms with Crippen molar-refractivity contribution in [3.63, 3.8) is 0 Å². The zero-order valence-electron chi connectivity index (χ0n) is 11.0. The fourth-order valence-electron chi connectivity index (χ4n) is 1.84. The van der Waals surface area contributed by atoms with Crippen LogP contribution < -0.4 is 11.1 Å². The molecule has 0 fully saturated rings. The van der Waals surface area contributed by atoms with Gasteiger partial charge in [0.1, 0.15) is 0 Å². The van der Waals surface area contributed by atoms with E-state index in [-0.39, 0.29) is 0 Å². The molecule has 1 aromatic heterocycles. The maximum absolute atomic E-state index is 11.7. The summed E-state index contributed by atoms with van der Waals surface area (Å²) in [6.07, 6.45) is 0.866. The Bertz CT molecular complexity index is 613. The summed E-state index contributed by atoms with van der Waals surface area (Å²) in [7, 11) is 1.36. The molecule has 2 rings (SSSR count). The van der Waals surface area contributed by atoms with E-state index in [0.29, 0.717) is 23.5 Å². The molecule has 1 aromatic carbocycles. The van der Waals surface area contributed by atoms with Crippen LogP contribution in [0, 0.1) is 0 Å². The van der Waals surface area contributed by atoms with Crippen LogP contribution in [0.1, 0.15) is 15.2 Å². The average molecular weight is 355 g/mol. The number of halogens is 1. The van der Waals surface area contributed by atoms with Crippen molar-refractivity contribution in [1.29, 1.82) is 0 Å². The molecule has 0 atom stereocenters. The van der Waals surface area contributed by atoms with E-state index in [1.165, 1.54) is 12.0 Å². The van der Waals surface area contributed by atoms with Crippen LogP contribution in [0.4, 0.5) is 11.4 Å². The predicted octanol–water partition coefficient (Wildman–Crippen LogP) is 3.53. The van der Waals surface area contributed by atoms with E-state index in [0.717, 1.165) is 10.2 Å². The topological polar surface area (TPSA) is 64.3 Å². The van der Waals surface area contributed by atoms with Gasteiger partial charge in [0.2, 0.25) is 0 Å². The van der Waals surface area contributed by atoms with Crippen LogP contribution >= 0.6 is 27.3 Å². The van der Waals surface area contributed by atoms with Crippen LogP contribution in [0.2, 0.25) is 0 Å². The Morgan fingerprint density at radius 1 is 1.40 bits per heavy atom.